The van der Waals surface area contributed by atoms with Crippen LogP contribution < -0.4 is 4.72 Å². The van der Waals surface area contributed by atoms with Crippen LogP contribution in [-0.4, -0.2) is 23.2 Å². The third-order valence-corrected chi connectivity index (χ3v) is 4.67. The highest BCUT2D eigenvalue weighted by molar-refractivity contribution is 7.93. The first-order chi connectivity index (χ1) is 8.92. The number of aromatic nitrogens is 2. The van der Waals surface area contributed by atoms with Gasteiger partial charge >= 0.3 is 0 Å². The Bertz CT molecular complexity index is 666. The first-order valence-corrected chi connectivity index (χ1v) is 7.62. The predicted octanol–water partition coefficient (Wildman–Crippen LogP) is 2.68. The van der Waals surface area contributed by atoms with Crippen LogP contribution in [0.1, 0.15) is 13.8 Å². The molecule has 0 radical (unpaired) electrons. The van der Waals surface area contributed by atoms with Gasteiger partial charge in [-0.3, -0.25) is 4.72 Å². The fourth-order valence-electron chi connectivity index (χ4n) is 1.52. The van der Waals surface area contributed by atoms with Crippen LogP contribution in [-0.2, 0) is 10.0 Å². The van der Waals surface area contributed by atoms with E-state index >= 15 is 0 Å². The first kappa shape index (κ1) is 13.9. The fraction of sp³-hybridized carbons (Fsp3) is 0.250. The summed E-state index contributed by atoms with van der Waals surface area (Å²) in [6.07, 6.45) is 4.87. The third-order valence-electron chi connectivity index (χ3n) is 2.62. The molecule has 5 nitrogen and oxygen atoms in total. The van der Waals surface area contributed by atoms with Crippen LogP contribution in [0.5, 0.6) is 0 Å². The number of sulfonamides is 1. The molecule has 102 valence electrons. The van der Waals surface area contributed by atoms with Crippen molar-refractivity contribution in [1.29, 1.82) is 0 Å². The highest BCUT2D eigenvalue weighted by Crippen LogP contribution is 2.29. The van der Waals surface area contributed by atoms with Gasteiger partial charge in [-0.25, -0.2) is 13.4 Å². The van der Waals surface area contributed by atoms with Crippen molar-refractivity contribution in [3.8, 4) is 5.69 Å². The number of halogens is 1. The van der Waals surface area contributed by atoms with Gasteiger partial charge < -0.3 is 4.57 Å². The van der Waals surface area contributed by atoms with Crippen LogP contribution >= 0.6 is 11.6 Å². The normalized spacial score (nSPS) is 11.8. The minimum absolute atomic E-state index is 0.430. The van der Waals surface area contributed by atoms with E-state index in [4.69, 9.17) is 11.6 Å². The number of hydrogen-bond donors (Lipinski definition) is 1. The van der Waals surface area contributed by atoms with E-state index in [1.807, 2.05) is 0 Å². The van der Waals surface area contributed by atoms with Crippen LogP contribution in [0.25, 0.3) is 5.69 Å². The van der Waals surface area contributed by atoms with Crippen molar-refractivity contribution in [2.24, 2.45) is 0 Å². The molecule has 1 aromatic carbocycles. The van der Waals surface area contributed by atoms with E-state index in [0.717, 1.165) is 0 Å². The molecule has 7 heteroatoms. The molecule has 0 saturated carbocycles. The van der Waals surface area contributed by atoms with E-state index in [-0.39, 0.29) is 0 Å². The number of benzene rings is 1. The third kappa shape index (κ3) is 2.90. The maximum atomic E-state index is 12.0. The minimum atomic E-state index is -3.42. The maximum Gasteiger partial charge on any atom is 0.235 e. The summed E-state index contributed by atoms with van der Waals surface area (Å²) in [6.45, 7) is 3.23. The summed E-state index contributed by atoms with van der Waals surface area (Å²) in [5, 5.41) is -0.0796. The van der Waals surface area contributed by atoms with Crippen molar-refractivity contribution >= 4 is 27.3 Å². The number of para-hydroxylation sites is 1. The van der Waals surface area contributed by atoms with Crippen molar-refractivity contribution in [2.75, 3.05) is 4.72 Å². The molecular weight excluding hydrogens is 286 g/mol. The summed E-state index contributed by atoms with van der Waals surface area (Å²) in [4.78, 5) is 3.94. The van der Waals surface area contributed by atoms with Gasteiger partial charge in [0.15, 0.2) is 0 Å². The maximum absolute atomic E-state index is 12.0. The number of hydrogen-bond acceptors (Lipinski definition) is 3. The highest BCUT2D eigenvalue weighted by atomic mass is 35.5. The van der Waals surface area contributed by atoms with Gasteiger partial charge in [0.1, 0.15) is 0 Å². The van der Waals surface area contributed by atoms with Crippen LogP contribution in [0.2, 0.25) is 5.02 Å². The smallest absolute Gasteiger partial charge is 0.235 e. The molecule has 2 aromatic rings. The molecule has 0 unspecified atom stereocenters. The molecule has 0 aliphatic rings. The predicted molar refractivity (Wildman–Crippen MR) is 76.3 cm³/mol. The second-order valence-electron chi connectivity index (χ2n) is 4.30. The van der Waals surface area contributed by atoms with Gasteiger partial charge in [0.2, 0.25) is 10.0 Å². The number of anilines is 1. The van der Waals surface area contributed by atoms with Gasteiger partial charge in [-0.1, -0.05) is 17.7 Å². The van der Waals surface area contributed by atoms with Gasteiger partial charge in [-0.15, -0.1) is 0 Å². The zero-order valence-corrected chi connectivity index (χ0v) is 12.1. The monoisotopic (exact) mass is 299 g/mol. The Morgan fingerprint density at radius 1 is 1.37 bits per heavy atom. The van der Waals surface area contributed by atoms with Crippen molar-refractivity contribution in [1.82, 2.24) is 9.55 Å². The molecular formula is C12H14ClN3O2S. The van der Waals surface area contributed by atoms with E-state index in [9.17, 15) is 8.42 Å². The van der Waals surface area contributed by atoms with Crippen molar-refractivity contribution in [3.05, 3.63) is 41.9 Å². The molecule has 0 atom stereocenters. The lowest BCUT2D eigenvalue weighted by atomic mass is 10.2. The number of nitrogens with zero attached hydrogens (tertiary/aromatic N) is 2. The highest BCUT2D eigenvalue weighted by Gasteiger charge is 2.19. The summed E-state index contributed by atoms with van der Waals surface area (Å²) in [5.74, 6) is 0. The van der Waals surface area contributed by atoms with Crippen LogP contribution in [0, 0.1) is 0 Å². The molecule has 0 fully saturated rings. The molecule has 1 aromatic heterocycles. The summed E-state index contributed by atoms with van der Waals surface area (Å²) in [5.41, 5.74) is 0.991. The molecule has 0 aliphatic carbocycles. The Hall–Kier alpha value is -1.53. The lowest BCUT2D eigenvalue weighted by molar-refractivity contribution is 0.592. The zero-order valence-electron chi connectivity index (χ0n) is 10.5. The lowest BCUT2D eigenvalue weighted by Crippen LogP contribution is -2.23. The molecule has 2 rings (SSSR count). The van der Waals surface area contributed by atoms with Crippen molar-refractivity contribution < 1.29 is 8.42 Å². The Balaban J connectivity index is 2.51. The van der Waals surface area contributed by atoms with E-state index in [0.29, 0.717) is 16.4 Å². The Labute approximate surface area is 117 Å². The molecule has 0 bridgehead atoms. The minimum Gasteiger partial charge on any atom is -0.303 e. The largest absolute Gasteiger partial charge is 0.303 e. The summed E-state index contributed by atoms with van der Waals surface area (Å²) in [6, 6.07) is 5.06. The van der Waals surface area contributed by atoms with Gasteiger partial charge in [0, 0.05) is 12.4 Å². The van der Waals surface area contributed by atoms with Crippen molar-refractivity contribution in [2.45, 2.75) is 19.1 Å². The SMILES string of the molecule is CC(C)S(=O)(=O)Nc1cccc(Cl)c1-n1ccnc1. The lowest BCUT2D eigenvalue weighted by Gasteiger charge is -2.15. The van der Waals surface area contributed by atoms with E-state index in [2.05, 4.69) is 9.71 Å². The average Bonchev–Trinajstić information content (AvgIpc) is 2.81. The van der Waals surface area contributed by atoms with Gasteiger partial charge in [-0.2, -0.15) is 0 Å². The summed E-state index contributed by atoms with van der Waals surface area (Å²) < 4.78 is 28.1. The topological polar surface area (TPSA) is 64.0 Å². The Morgan fingerprint density at radius 2 is 2.11 bits per heavy atom. The van der Waals surface area contributed by atoms with Gasteiger partial charge in [-0.05, 0) is 26.0 Å². The van der Waals surface area contributed by atoms with Gasteiger partial charge in [0.05, 0.1) is 28.0 Å². The number of imidazole rings is 1. The van der Waals surface area contributed by atoms with E-state index in [1.54, 1.807) is 55.3 Å². The molecule has 1 N–H and O–H groups in total. The summed E-state index contributed by atoms with van der Waals surface area (Å²) >= 11 is 6.15. The molecule has 19 heavy (non-hydrogen) atoms. The molecule has 0 aliphatic heterocycles. The molecule has 0 saturated heterocycles. The Kier molecular flexibility index (Phi) is 3.82. The Morgan fingerprint density at radius 3 is 2.68 bits per heavy atom. The fourth-order valence-corrected chi connectivity index (χ4v) is 2.50. The number of nitrogens with one attached hydrogen (secondary N) is 1. The molecule has 0 amide bonds. The van der Waals surface area contributed by atoms with E-state index in [1.165, 1.54) is 0 Å². The standard InChI is InChI=1S/C12H14ClN3O2S/c1-9(2)19(17,18)15-11-5-3-4-10(13)12(11)16-7-6-14-8-16/h3-9,15H,1-2H3. The van der Waals surface area contributed by atoms with Crippen LogP contribution in [0.4, 0.5) is 5.69 Å². The quantitative estimate of drug-likeness (QED) is 0.944. The zero-order chi connectivity index (χ0) is 14.0. The second kappa shape index (κ2) is 5.22. The van der Waals surface area contributed by atoms with Crippen LogP contribution in [0.15, 0.2) is 36.9 Å². The second-order valence-corrected chi connectivity index (χ2v) is 6.95. The van der Waals surface area contributed by atoms with Crippen LogP contribution in [0.3, 0.4) is 0 Å². The summed E-state index contributed by atoms with van der Waals surface area (Å²) in [7, 11) is -3.42. The first-order valence-electron chi connectivity index (χ1n) is 5.70. The molecule has 1 heterocycles. The number of rotatable bonds is 4. The van der Waals surface area contributed by atoms with E-state index < -0.39 is 15.3 Å². The average molecular weight is 300 g/mol. The van der Waals surface area contributed by atoms with Gasteiger partial charge in [0.25, 0.3) is 0 Å². The molecule has 0 spiro atoms. The van der Waals surface area contributed by atoms with Crippen molar-refractivity contribution in [3.63, 3.8) is 0 Å².